The number of carbonyl (C=O) groups is 1. The van der Waals surface area contributed by atoms with Crippen molar-refractivity contribution in [3.8, 4) is 0 Å². The maximum atomic E-state index is 13.9. The fourth-order valence-electron chi connectivity index (χ4n) is 6.51. The molecule has 5 heterocycles. The smallest absolute Gasteiger partial charge is 0.332 e. The molecule has 4 aromatic rings. The van der Waals surface area contributed by atoms with E-state index in [1.165, 1.54) is 22.0 Å². The van der Waals surface area contributed by atoms with E-state index < -0.39 is 11.2 Å². The van der Waals surface area contributed by atoms with Crippen LogP contribution in [-0.4, -0.2) is 61.3 Å². The topological polar surface area (TPSA) is 132 Å². The molecule has 39 heavy (non-hydrogen) atoms. The third-order valence-corrected chi connectivity index (χ3v) is 8.41. The van der Waals surface area contributed by atoms with Gasteiger partial charge in [-0.3, -0.25) is 18.7 Å². The molecule has 2 unspecified atom stereocenters. The minimum atomic E-state index is -0.577. The maximum Gasteiger partial charge on any atom is 0.332 e. The first kappa shape index (κ1) is 23.9. The van der Waals surface area contributed by atoms with Crippen molar-refractivity contribution < 1.29 is 9.21 Å². The molecule has 2 N–H and O–H groups in total. The van der Waals surface area contributed by atoms with Crippen molar-refractivity contribution in [2.24, 2.45) is 13.0 Å². The number of hydrogen-bond acceptors (Lipinski definition) is 8. The first-order valence-corrected chi connectivity index (χ1v) is 13.4. The Bertz CT molecular complexity index is 1660. The molecule has 2 atom stereocenters. The van der Waals surface area contributed by atoms with Crippen LogP contribution in [0.5, 0.6) is 0 Å². The number of anilines is 1. The first-order valence-electron chi connectivity index (χ1n) is 13.4. The van der Waals surface area contributed by atoms with E-state index >= 15 is 0 Å². The Morgan fingerprint density at radius 3 is 2.69 bits per heavy atom. The second-order valence-electron chi connectivity index (χ2n) is 10.7. The number of nitrogens with one attached hydrogen (secondary N) is 2. The summed E-state index contributed by atoms with van der Waals surface area (Å²) in [7, 11) is 1.59. The molecule has 12 nitrogen and oxygen atoms in total. The summed E-state index contributed by atoms with van der Waals surface area (Å²) in [6, 6.07) is 8.29. The molecule has 1 aliphatic carbocycles. The lowest BCUT2D eigenvalue weighted by atomic mass is 10.1. The Balaban J connectivity index is 1.26. The lowest BCUT2D eigenvalue weighted by Crippen LogP contribution is -2.45. The number of aryl methyl sites for hydroxylation is 1. The lowest BCUT2D eigenvalue weighted by molar-refractivity contribution is -0.122. The average molecular weight is 531 g/mol. The van der Waals surface area contributed by atoms with Crippen molar-refractivity contribution in [2.45, 2.75) is 44.4 Å². The SMILES string of the molecule is Cn1c(=O)n(CC(=O)NC2Cc3ccccc3C2)c(=O)c2c1nc(N1CCC3CNCC31)n2Cc1ncco1. The Kier molecular flexibility index (Phi) is 5.65. The molecule has 12 heteroatoms. The van der Waals surface area contributed by atoms with Gasteiger partial charge in [-0.2, -0.15) is 4.98 Å². The van der Waals surface area contributed by atoms with E-state index in [2.05, 4.69) is 32.7 Å². The van der Waals surface area contributed by atoms with Crippen LogP contribution in [0.25, 0.3) is 11.2 Å². The largest absolute Gasteiger partial charge is 0.447 e. The van der Waals surface area contributed by atoms with Crippen LogP contribution < -0.4 is 26.8 Å². The second-order valence-corrected chi connectivity index (χ2v) is 10.7. The van der Waals surface area contributed by atoms with Crippen LogP contribution in [0.15, 0.2) is 50.7 Å². The van der Waals surface area contributed by atoms with Gasteiger partial charge >= 0.3 is 5.69 Å². The number of amides is 1. The minimum absolute atomic E-state index is 0.0662. The fourth-order valence-corrected chi connectivity index (χ4v) is 6.51. The van der Waals surface area contributed by atoms with Gasteiger partial charge in [-0.15, -0.1) is 0 Å². The molecular weight excluding hydrogens is 500 g/mol. The van der Waals surface area contributed by atoms with Crippen LogP contribution >= 0.6 is 0 Å². The van der Waals surface area contributed by atoms with Gasteiger partial charge in [0.05, 0.1) is 6.20 Å². The molecule has 3 aliphatic rings. The standard InChI is InChI=1S/C27H30N8O4/c1-32-24-23(25(37)35(27(32)38)14-21(36)30-19-10-16-4-2-3-5-17(16)11-19)34(15-22-29-7-9-39-22)26(31-24)33-8-6-18-12-28-13-20(18)33/h2-5,7,9,18-20,28H,6,8,10-15H2,1H3,(H,30,36). The highest BCUT2D eigenvalue weighted by atomic mass is 16.3. The molecule has 0 bridgehead atoms. The van der Waals surface area contributed by atoms with Crippen LogP contribution in [0.4, 0.5) is 5.95 Å². The van der Waals surface area contributed by atoms with Gasteiger partial charge in [0.15, 0.2) is 11.2 Å². The summed E-state index contributed by atoms with van der Waals surface area (Å²) in [5, 5.41) is 6.46. The molecule has 202 valence electrons. The van der Waals surface area contributed by atoms with E-state index in [0.29, 0.717) is 17.8 Å². The number of fused-ring (bicyclic) bond motifs is 3. The summed E-state index contributed by atoms with van der Waals surface area (Å²) < 4.78 is 9.65. The van der Waals surface area contributed by atoms with Crippen LogP contribution in [0.3, 0.4) is 0 Å². The fraction of sp³-hybridized carbons (Fsp3) is 0.444. The van der Waals surface area contributed by atoms with Gasteiger partial charge in [-0.05, 0) is 36.3 Å². The third kappa shape index (κ3) is 3.97. The zero-order chi connectivity index (χ0) is 26.7. The zero-order valence-electron chi connectivity index (χ0n) is 21.7. The molecule has 0 radical (unpaired) electrons. The first-order chi connectivity index (χ1) is 19.0. The highest BCUT2D eigenvalue weighted by Crippen LogP contribution is 2.33. The number of aromatic nitrogens is 5. The van der Waals surface area contributed by atoms with Gasteiger partial charge in [0.2, 0.25) is 17.7 Å². The number of hydrogen-bond donors (Lipinski definition) is 2. The molecular formula is C27H30N8O4. The number of imidazole rings is 1. The number of rotatable bonds is 6. The Labute approximate surface area is 223 Å². The summed E-state index contributed by atoms with van der Waals surface area (Å²) in [6.07, 6.45) is 5.52. The van der Waals surface area contributed by atoms with Crippen molar-refractivity contribution in [1.29, 1.82) is 0 Å². The highest BCUT2D eigenvalue weighted by molar-refractivity contribution is 5.78. The maximum absolute atomic E-state index is 13.9. The normalized spacial score (nSPS) is 20.6. The summed E-state index contributed by atoms with van der Waals surface area (Å²) >= 11 is 0. The van der Waals surface area contributed by atoms with Crippen molar-refractivity contribution in [3.63, 3.8) is 0 Å². The Morgan fingerprint density at radius 2 is 1.95 bits per heavy atom. The van der Waals surface area contributed by atoms with Gasteiger partial charge in [0.25, 0.3) is 5.56 Å². The molecule has 2 saturated heterocycles. The van der Waals surface area contributed by atoms with Gasteiger partial charge in [0.1, 0.15) is 19.4 Å². The molecule has 2 fully saturated rings. The molecule has 0 spiro atoms. The quantitative estimate of drug-likeness (QED) is 0.357. The number of nitrogens with zero attached hydrogens (tertiary/aromatic N) is 6. The Hall–Kier alpha value is -4.19. The van der Waals surface area contributed by atoms with Crippen molar-refractivity contribution in [2.75, 3.05) is 24.5 Å². The van der Waals surface area contributed by atoms with Crippen molar-refractivity contribution >= 4 is 23.0 Å². The van der Waals surface area contributed by atoms with E-state index in [-0.39, 0.29) is 42.2 Å². The summed E-state index contributed by atoms with van der Waals surface area (Å²) in [5.41, 5.74) is 1.82. The van der Waals surface area contributed by atoms with E-state index in [1.54, 1.807) is 17.8 Å². The monoisotopic (exact) mass is 530 g/mol. The predicted molar refractivity (Wildman–Crippen MR) is 143 cm³/mol. The lowest BCUT2D eigenvalue weighted by Gasteiger charge is -2.25. The van der Waals surface area contributed by atoms with Crippen LogP contribution in [-0.2, 0) is 37.8 Å². The number of oxazole rings is 1. The van der Waals surface area contributed by atoms with E-state index in [4.69, 9.17) is 9.40 Å². The second kappa shape index (κ2) is 9.23. The molecule has 0 saturated carbocycles. The van der Waals surface area contributed by atoms with Crippen LogP contribution in [0.1, 0.15) is 23.4 Å². The van der Waals surface area contributed by atoms with Gasteiger partial charge < -0.3 is 20.0 Å². The van der Waals surface area contributed by atoms with Crippen LogP contribution in [0, 0.1) is 5.92 Å². The molecule has 2 aliphatic heterocycles. The Morgan fingerprint density at radius 1 is 1.15 bits per heavy atom. The van der Waals surface area contributed by atoms with E-state index in [9.17, 15) is 14.4 Å². The predicted octanol–water partition coefficient (Wildman–Crippen LogP) is 0.0147. The van der Waals surface area contributed by atoms with E-state index in [0.717, 1.165) is 43.5 Å². The molecule has 1 aromatic carbocycles. The molecule has 3 aromatic heterocycles. The zero-order valence-corrected chi connectivity index (χ0v) is 21.7. The molecule has 7 rings (SSSR count). The summed E-state index contributed by atoms with van der Waals surface area (Å²) in [5.74, 6) is 1.17. The summed E-state index contributed by atoms with van der Waals surface area (Å²) in [6.45, 7) is 2.40. The number of carbonyl (C=O) groups excluding carboxylic acids is 1. The van der Waals surface area contributed by atoms with Crippen molar-refractivity contribution in [3.05, 3.63) is 74.6 Å². The van der Waals surface area contributed by atoms with Gasteiger partial charge in [-0.25, -0.2) is 14.3 Å². The molecule has 1 amide bonds. The highest BCUT2D eigenvalue weighted by Gasteiger charge is 2.40. The minimum Gasteiger partial charge on any atom is -0.447 e. The summed E-state index contributed by atoms with van der Waals surface area (Å²) in [4.78, 5) is 51.6. The average Bonchev–Trinajstić information content (AvgIpc) is 3.74. The van der Waals surface area contributed by atoms with Gasteiger partial charge in [-0.1, -0.05) is 24.3 Å². The van der Waals surface area contributed by atoms with Crippen molar-refractivity contribution in [1.82, 2.24) is 34.3 Å². The van der Waals surface area contributed by atoms with Crippen LogP contribution in [0.2, 0.25) is 0 Å². The number of benzene rings is 1. The van der Waals surface area contributed by atoms with Gasteiger partial charge in [0, 0.05) is 38.8 Å². The van der Waals surface area contributed by atoms with E-state index in [1.807, 2.05) is 12.1 Å². The third-order valence-electron chi connectivity index (χ3n) is 8.41.